The molecule has 1 heterocycles. The van der Waals surface area contributed by atoms with Crippen LogP contribution in [0.5, 0.6) is 5.75 Å². The van der Waals surface area contributed by atoms with Gasteiger partial charge in [0, 0.05) is 4.47 Å². The Labute approximate surface area is 152 Å². The minimum absolute atomic E-state index is 0.246. The summed E-state index contributed by atoms with van der Waals surface area (Å²) in [4.78, 5) is 19.3. The van der Waals surface area contributed by atoms with E-state index < -0.39 is 0 Å². The van der Waals surface area contributed by atoms with Gasteiger partial charge in [-0.1, -0.05) is 28.1 Å². The highest BCUT2D eigenvalue weighted by molar-refractivity contribution is 9.10. The van der Waals surface area contributed by atoms with Gasteiger partial charge in [0.15, 0.2) is 5.82 Å². The summed E-state index contributed by atoms with van der Waals surface area (Å²) in [5.41, 5.74) is 1.36. The van der Waals surface area contributed by atoms with Crippen LogP contribution in [0, 0.1) is 11.3 Å². The van der Waals surface area contributed by atoms with Crippen molar-refractivity contribution >= 4 is 38.5 Å². The number of fused-ring (bicyclic) bond motifs is 1. The molecule has 0 aliphatic rings. The normalized spacial score (nSPS) is 11.3. The van der Waals surface area contributed by atoms with E-state index in [-0.39, 0.29) is 17.0 Å². The van der Waals surface area contributed by atoms with Crippen molar-refractivity contribution in [2.75, 3.05) is 6.61 Å². The van der Waals surface area contributed by atoms with Gasteiger partial charge in [0.05, 0.1) is 23.1 Å². The van der Waals surface area contributed by atoms with Crippen LogP contribution in [-0.4, -0.2) is 16.6 Å². The number of nitrogens with one attached hydrogen (secondary N) is 1. The maximum absolute atomic E-state index is 12.3. The number of rotatable bonds is 4. The van der Waals surface area contributed by atoms with Crippen LogP contribution in [0.25, 0.3) is 22.6 Å². The van der Waals surface area contributed by atoms with E-state index in [1.165, 1.54) is 0 Å². The maximum atomic E-state index is 12.3. The summed E-state index contributed by atoms with van der Waals surface area (Å²) in [6, 6.07) is 14.7. The highest BCUT2D eigenvalue weighted by Crippen LogP contribution is 2.20. The van der Waals surface area contributed by atoms with Gasteiger partial charge in [-0.3, -0.25) is 4.79 Å². The molecule has 0 spiro atoms. The summed E-state index contributed by atoms with van der Waals surface area (Å²) in [6.45, 7) is 2.51. The van der Waals surface area contributed by atoms with Crippen LogP contribution in [0.3, 0.4) is 0 Å². The molecule has 1 N–H and O–H groups in total. The third-order valence-corrected chi connectivity index (χ3v) is 4.04. The molecule has 2 aromatic carbocycles. The molecule has 0 saturated heterocycles. The van der Waals surface area contributed by atoms with Crippen LogP contribution in [0.4, 0.5) is 0 Å². The lowest BCUT2D eigenvalue weighted by atomic mass is 10.1. The fraction of sp³-hybridized carbons (Fsp3) is 0.105. The molecule has 0 atom stereocenters. The van der Waals surface area contributed by atoms with Gasteiger partial charge in [-0.05, 0) is 48.9 Å². The molecule has 0 fully saturated rings. The standard InChI is InChI=1S/C19H14BrN3O2/c1-2-25-15-6-3-12(4-7-15)9-13(11-21)18-22-17-8-5-14(20)10-16(17)19(24)23-18/h3-10H,2H2,1H3,(H,22,23,24)/b13-9+. The van der Waals surface area contributed by atoms with Crippen LogP contribution in [0.15, 0.2) is 51.7 Å². The van der Waals surface area contributed by atoms with Crippen LogP contribution in [0.1, 0.15) is 18.3 Å². The van der Waals surface area contributed by atoms with Gasteiger partial charge in [0.1, 0.15) is 11.8 Å². The van der Waals surface area contributed by atoms with Crippen LogP contribution in [-0.2, 0) is 0 Å². The van der Waals surface area contributed by atoms with E-state index in [4.69, 9.17) is 4.74 Å². The zero-order valence-electron chi connectivity index (χ0n) is 13.4. The van der Waals surface area contributed by atoms with Gasteiger partial charge in [-0.15, -0.1) is 0 Å². The topological polar surface area (TPSA) is 78.8 Å². The number of hydrogen-bond donors (Lipinski definition) is 1. The van der Waals surface area contributed by atoms with Gasteiger partial charge < -0.3 is 9.72 Å². The van der Waals surface area contributed by atoms with Crippen molar-refractivity contribution in [2.24, 2.45) is 0 Å². The minimum Gasteiger partial charge on any atom is -0.494 e. The summed E-state index contributed by atoms with van der Waals surface area (Å²) in [5.74, 6) is 1.01. The third-order valence-electron chi connectivity index (χ3n) is 3.55. The average molecular weight is 396 g/mol. The molecule has 0 radical (unpaired) electrons. The van der Waals surface area contributed by atoms with Crippen molar-refractivity contribution in [1.82, 2.24) is 9.97 Å². The number of aromatic nitrogens is 2. The molecule has 3 aromatic rings. The summed E-state index contributed by atoms with van der Waals surface area (Å²) in [7, 11) is 0. The van der Waals surface area contributed by atoms with Crippen molar-refractivity contribution in [3.8, 4) is 11.8 Å². The largest absolute Gasteiger partial charge is 0.494 e. The number of ether oxygens (including phenoxy) is 1. The molecule has 3 rings (SSSR count). The quantitative estimate of drug-likeness (QED) is 0.672. The first-order valence-corrected chi connectivity index (χ1v) is 8.44. The zero-order valence-corrected chi connectivity index (χ0v) is 15.0. The van der Waals surface area contributed by atoms with Crippen LogP contribution >= 0.6 is 15.9 Å². The first-order chi connectivity index (χ1) is 12.1. The number of benzene rings is 2. The molecular weight excluding hydrogens is 382 g/mol. The van der Waals surface area contributed by atoms with Crippen molar-refractivity contribution in [3.05, 3.63) is 68.7 Å². The summed E-state index contributed by atoms with van der Waals surface area (Å²) in [5, 5.41) is 9.94. The Morgan fingerprint density at radius 3 is 2.76 bits per heavy atom. The van der Waals surface area contributed by atoms with Crippen LogP contribution < -0.4 is 10.3 Å². The molecule has 6 heteroatoms. The van der Waals surface area contributed by atoms with Crippen molar-refractivity contribution in [1.29, 1.82) is 5.26 Å². The van der Waals surface area contributed by atoms with E-state index in [1.54, 1.807) is 24.3 Å². The Morgan fingerprint density at radius 1 is 1.32 bits per heavy atom. The van der Waals surface area contributed by atoms with E-state index in [2.05, 4.69) is 32.0 Å². The first-order valence-electron chi connectivity index (χ1n) is 7.65. The Balaban J connectivity index is 2.03. The summed E-state index contributed by atoms with van der Waals surface area (Å²) < 4.78 is 6.20. The molecule has 1 aromatic heterocycles. The van der Waals surface area contributed by atoms with Gasteiger partial charge in [-0.25, -0.2) is 4.98 Å². The fourth-order valence-corrected chi connectivity index (χ4v) is 2.75. The van der Waals surface area contributed by atoms with E-state index in [0.29, 0.717) is 17.5 Å². The van der Waals surface area contributed by atoms with Crippen molar-refractivity contribution in [2.45, 2.75) is 6.92 Å². The zero-order chi connectivity index (χ0) is 17.8. The van der Waals surface area contributed by atoms with Crippen molar-refractivity contribution < 1.29 is 4.74 Å². The monoisotopic (exact) mass is 395 g/mol. The predicted molar refractivity (Wildman–Crippen MR) is 101 cm³/mol. The molecule has 25 heavy (non-hydrogen) atoms. The van der Waals surface area contributed by atoms with E-state index in [1.807, 2.05) is 31.2 Å². The van der Waals surface area contributed by atoms with Crippen molar-refractivity contribution in [3.63, 3.8) is 0 Å². The second-order valence-corrected chi connectivity index (χ2v) is 6.16. The Kier molecular flexibility index (Phi) is 4.96. The summed E-state index contributed by atoms with van der Waals surface area (Å²) in [6.07, 6.45) is 1.68. The number of nitriles is 1. The summed E-state index contributed by atoms with van der Waals surface area (Å²) >= 11 is 3.33. The molecule has 0 amide bonds. The number of halogens is 1. The number of hydrogen-bond acceptors (Lipinski definition) is 4. The SMILES string of the molecule is CCOc1ccc(/C=C(\C#N)c2nc3ccc(Br)cc3c(=O)[nH]2)cc1. The molecule has 0 aliphatic heterocycles. The van der Waals surface area contributed by atoms with Gasteiger partial charge >= 0.3 is 0 Å². The maximum Gasteiger partial charge on any atom is 0.259 e. The highest BCUT2D eigenvalue weighted by Gasteiger charge is 2.09. The third kappa shape index (κ3) is 3.78. The molecular formula is C19H14BrN3O2. The van der Waals surface area contributed by atoms with Gasteiger partial charge in [0.2, 0.25) is 0 Å². The van der Waals surface area contributed by atoms with Crippen LogP contribution in [0.2, 0.25) is 0 Å². The Bertz CT molecular complexity index is 1050. The van der Waals surface area contributed by atoms with E-state index in [9.17, 15) is 10.1 Å². The minimum atomic E-state index is -0.283. The smallest absolute Gasteiger partial charge is 0.259 e. The molecule has 0 aliphatic carbocycles. The molecule has 5 nitrogen and oxygen atoms in total. The molecule has 0 bridgehead atoms. The number of aromatic amines is 1. The first kappa shape index (κ1) is 16.9. The highest BCUT2D eigenvalue weighted by atomic mass is 79.9. The molecule has 0 unspecified atom stereocenters. The lowest BCUT2D eigenvalue weighted by molar-refractivity contribution is 0.340. The molecule has 124 valence electrons. The van der Waals surface area contributed by atoms with E-state index >= 15 is 0 Å². The lowest BCUT2D eigenvalue weighted by Gasteiger charge is -2.04. The fourth-order valence-electron chi connectivity index (χ4n) is 2.39. The lowest BCUT2D eigenvalue weighted by Crippen LogP contribution is -2.11. The predicted octanol–water partition coefficient (Wildman–Crippen LogP) is 4.15. The molecule has 0 saturated carbocycles. The number of allylic oxidation sites excluding steroid dienone is 1. The van der Waals surface area contributed by atoms with Gasteiger partial charge in [0.25, 0.3) is 5.56 Å². The number of nitrogens with zero attached hydrogens (tertiary/aromatic N) is 2. The second-order valence-electron chi connectivity index (χ2n) is 5.25. The van der Waals surface area contributed by atoms with E-state index in [0.717, 1.165) is 15.8 Å². The van der Waals surface area contributed by atoms with Gasteiger partial charge in [-0.2, -0.15) is 5.26 Å². The Hall–Kier alpha value is -2.91. The Morgan fingerprint density at radius 2 is 2.08 bits per heavy atom. The average Bonchev–Trinajstić information content (AvgIpc) is 2.62. The second kappa shape index (κ2) is 7.32. The number of H-pyrrole nitrogens is 1.